The van der Waals surface area contributed by atoms with Gasteiger partial charge in [0, 0.05) is 22.1 Å². The Balaban J connectivity index is 2.52. The molecule has 1 aromatic rings. The molecule has 0 unspecified atom stereocenters. The maximum absolute atomic E-state index is 4.61. The van der Waals surface area contributed by atoms with Gasteiger partial charge in [0.2, 0.25) is 0 Å². The van der Waals surface area contributed by atoms with Gasteiger partial charge in [0.15, 0.2) is 0 Å². The Kier molecular flexibility index (Phi) is 2.59. The topological polar surface area (TPSA) is 24.4 Å². The molecular formula is C12H15BrN2. The van der Waals surface area contributed by atoms with Crippen LogP contribution in [-0.4, -0.2) is 11.3 Å². The number of nitrogens with zero attached hydrogens (tertiary/aromatic N) is 1. The molecule has 0 aromatic heterocycles. The third-order valence-corrected chi connectivity index (χ3v) is 2.93. The summed E-state index contributed by atoms with van der Waals surface area (Å²) >= 11 is 3.48. The highest BCUT2D eigenvalue weighted by molar-refractivity contribution is 9.10. The van der Waals surface area contributed by atoms with Crippen LogP contribution in [0.15, 0.2) is 27.7 Å². The van der Waals surface area contributed by atoms with Crippen LogP contribution in [-0.2, 0) is 0 Å². The molecule has 0 spiro atoms. The lowest BCUT2D eigenvalue weighted by molar-refractivity contribution is 0.595. The summed E-state index contributed by atoms with van der Waals surface area (Å²) in [5, 5.41) is 3.53. The van der Waals surface area contributed by atoms with Crippen LogP contribution < -0.4 is 5.32 Å². The lowest BCUT2D eigenvalue weighted by atomic mass is 9.98. The van der Waals surface area contributed by atoms with Gasteiger partial charge < -0.3 is 5.32 Å². The monoisotopic (exact) mass is 266 g/mol. The average Bonchev–Trinajstić information content (AvgIpc) is 2.17. The van der Waals surface area contributed by atoms with Gasteiger partial charge in [0.05, 0.1) is 11.4 Å². The Morgan fingerprint density at radius 3 is 2.87 bits per heavy atom. The van der Waals surface area contributed by atoms with Gasteiger partial charge in [-0.25, -0.2) is 0 Å². The van der Waals surface area contributed by atoms with E-state index in [4.69, 9.17) is 0 Å². The SMILES string of the molecule is CC1=Nc2ccc(Br)cc2NC(C)(C)C1. The second-order valence-corrected chi connectivity index (χ2v) is 5.61. The van der Waals surface area contributed by atoms with Crippen molar-refractivity contribution in [3.8, 4) is 0 Å². The second kappa shape index (κ2) is 3.63. The highest BCUT2D eigenvalue weighted by Gasteiger charge is 2.22. The zero-order valence-corrected chi connectivity index (χ0v) is 10.9. The third kappa shape index (κ3) is 2.40. The van der Waals surface area contributed by atoms with Gasteiger partial charge in [-0.3, -0.25) is 4.99 Å². The minimum atomic E-state index is 0.0691. The van der Waals surface area contributed by atoms with E-state index >= 15 is 0 Å². The Labute approximate surface area is 98.9 Å². The molecule has 0 aliphatic carbocycles. The molecule has 1 heterocycles. The predicted octanol–water partition coefficient (Wildman–Crippen LogP) is 4.14. The van der Waals surface area contributed by atoms with Crippen molar-refractivity contribution in [1.82, 2.24) is 0 Å². The van der Waals surface area contributed by atoms with Gasteiger partial charge in [-0.15, -0.1) is 0 Å². The van der Waals surface area contributed by atoms with E-state index in [0.29, 0.717) is 0 Å². The molecule has 2 nitrogen and oxygen atoms in total. The fourth-order valence-corrected chi connectivity index (χ4v) is 2.36. The molecule has 0 amide bonds. The number of hydrogen-bond acceptors (Lipinski definition) is 2. The summed E-state index contributed by atoms with van der Waals surface area (Å²) in [4.78, 5) is 4.61. The fraction of sp³-hybridized carbons (Fsp3) is 0.417. The average molecular weight is 267 g/mol. The molecule has 1 aliphatic rings. The van der Waals surface area contributed by atoms with E-state index in [0.717, 1.165) is 22.3 Å². The van der Waals surface area contributed by atoms with E-state index in [-0.39, 0.29) is 5.54 Å². The van der Waals surface area contributed by atoms with Crippen molar-refractivity contribution < 1.29 is 0 Å². The largest absolute Gasteiger partial charge is 0.378 e. The molecule has 15 heavy (non-hydrogen) atoms. The Hall–Kier alpha value is -0.830. The molecule has 0 saturated heterocycles. The van der Waals surface area contributed by atoms with E-state index in [2.05, 4.69) is 53.1 Å². The predicted molar refractivity (Wildman–Crippen MR) is 69.2 cm³/mol. The Morgan fingerprint density at radius 2 is 2.13 bits per heavy atom. The van der Waals surface area contributed by atoms with Crippen molar-refractivity contribution in [3.05, 3.63) is 22.7 Å². The number of rotatable bonds is 0. The van der Waals surface area contributed by atoms with Crippen LogP contribution in [0.3, 0.4) is 0 Å². The first kappa shape index (κ1) is 10.7. The fourth-order valence-electron chi connectivity index (χ4n) is 2.00. The summed E-state index contributed by atoms with van der Waals surface area (Å²) in [6.45, 7) is 6.48. The summed E-state index contributed by atoms with van der Waals surface area (Å²) in [5.74, 6) is 0. The van der Waals surface area contributed by atoms with Crippen molar-refractivity contribution in [2.24, 2.45) is 4.99 Å². The Bertz CT molecular complexity index is 422. The molecule has 1 aliphatic heterocycles. The smallest absolute Gasteiger partial charge is 0.0861 e. The minimum absolute atomic E-state index is 0.0691. The summed E-state index contributed by atoms with van der Waals surface area (Å²) in [6, 6.07) is 6.14. The Morgan fingerprint density at radius 1 is 1.40 bits per heavy atom. The van der Waals surface area contributed by atoms with Gasteiger partial charge in [0.1, 0.15) is 0 Å². The van der Waals surface area contributed by atoms with Gasteiger partial charge in [-0.2, -0.15) is 0 Å². The lowest BCUT2D eigenvalue weighted by Gasteiger charge is -2.25. The summed E-state index contributed by atoms with van der Waals surface area (Å²) < 4.78 is 1.08. The van der Waals surface area contributed by atoms with E-state index < -0.39 is 0 Å². The number of halogens is 1. The lowest BCUT2D eigenvalue weighted by Crippen LogP contribution is -2.31. The number of aliphatic imine (C=N–C) groups is 1. The molecule has 1 N–H and O–H groups in total. The molecule has 0 bridgehead atoms. The van der Waals surface area contributed by atoms with Crippen LogP contribution in [0.1, 0.15) is 27.2 Å². The quantitative estimate of drug-likeness (QED) is 0.750. The third-order valence-electron chi connectivity index (χ3n) is 2.44. The number of anilines is 1. The number of benzene rings is 1. The highest BCUT2D eigenvalue weighted by atomic mass is 79.9. The first-order chi connectivity index (χ1) is 6.96. The molecule has 0 fully saturated rings. The first-order valence-electron chi connectivity index (χ1n) is 5.08. The first-order valence-corrected chi connectivity index (χ1v) is 5.87. The molecule has 2 rings (SSSR count). The van der Waals surface area contributed by atoms with Crippen molar-refractivity contribution in [2.75, 3.05) is 5.32 Å². The summed E-state index contributed by atoms with van der Waals surface area (Å²) in [7, 11) is 0. The van der Waals surface area contributed by atoms with Gasteiger partial charge in [0.25, 0.3) is 0 Å². The van der Waals surface area contributed by atoms with E-state index in [1.165, 1.54) is 5.71 Å². The number of fused-ring (bicyclic) bond motifs is 1. The van der Waals surface area contributed by atoms with Gasteiger partial charge >= 0.3 is 0 Å². The standard InChI is InChI=1S/C12H15BrN2/c1-8-7-12(2,3)15-11-6-9(13)4-5-10(11)14-8/h4-6,15H,7H2,1-3H3. The summed E-state index contributed by atoms with van der Waals surface area (Å²) in [6.07, 6.45) is 0.972. The maximum atomic E-state index is 4.61. The second-order valence-electron chi connectivity index (χ2n) is 4.69. The minimum Gasteiger partial charge on any atom is -0.378 e. The molecule has 0 atom stereocenters. The normalized spacial score (nSPS) is 18.5. The van der Waals surface area contributed by atoms with Gasteiger partial charge in [-0.05, 0) is 39.0 Å². The number of nitrogens with one attached hydrogen (secondary N) is 1. The zero-order valence-electron chi connectivity index (χ0n) is 9.26. The zero-order chi connectivity index (χ0) is 11.1. The highest BCUT2D eigenvalue weighted by Crippen LogP contribution is 2.34. The van der Waals surface area contributed by atoms with E-state index in [1.54, 1.807) is 0 Å². The van der Waals surface area contributed by atoms with Crippen LogP contribution in [0.5, 0.6) is 0 Å². The molecular weight excluding hydrogens is 252 g/mol. The van der Waals surface area contributed by atoms with Crippen molar-refractivity contribution in [3.63, 3.8) is 0 Å². The number of hydrogen-bond donors (Lipinski definition) is 1. The summed E-state index contributed by atoms with van der Waals surface area (Å²) in [5.41, 5.74) is 3.38. The van der Waals surface area contributed by atoms with Crippen LogP contribution in [0, 0.1) is 0 Å². The molecule has 0 saturated carbocycles. The van der Waals surface area contributed by atoms with Crippen LogP contribution in [0.2, 0.25) is 0 Å². The van der Waals surface area contributed by atoms with Crippen molar-refractivity contribution in [1.29, 1.82) is 0 Å². The molecule has 1 aromatic carbocycles. The van der Waals surface area contributed by atoms with Crippen molar-refractivity contribution >= 4 is 33.0 Å². The van der Waals surface area contributed by atoms with Crippen LogP contribution in [0.25, 0.3) is 0 Å². The molecule has 0 radical (unpaired) electrons. The van der Waals surface area contributed by atoms with Crippen molar-refractivity contribution in [2.45, 2.75) is 32.7 Å². The van der Waals surface area contributed by atoms with E-state index in [9.17, 15) is 0 Å². The molecule has 3 heteroatoms. The molecule has 80 valence electrons. The van der Waals surface area contributed by atoms with Crippen LogP contribution in [0.4, 0.5) is 11.4 Å². The van der Waals surface area contributed by atoms with Gasteiger partial charge in [-0.1, -0.05) is 15.9 Å². The van der Waals surface area contributed by atoms with Crippen LogP contribution >= 0.6 is 15.9 Å². The van der Waals surface area contributed by atoms with E-state index in [1.807, 2.05) is 12.1 Å². The maximum Gasteiger partial charge on any atom is 0.0861 e.